The van der Waals surface area contributed by atoms with E-state index in [4.69, 9.17) is 11.6 Å². The summed E-state index contributed by atoms with van der Waals surface area (Å²) in [6.45, 7) is 3.21. The molecule has 0 unspecified atom stereocenters. The van der Waals surface area contributed by atoms with Crippen molar-refractivity contribution in [3.8, 4) is 0 Å². The van der Waals surface area contributed by atoms with Crippen LogP contribution in [-0.2, 0) is 27.9 Å². The van der Waals surface area contributed by atoms with Crippen LogP contribution in [0, 0.1) is 11.7 Å². The van der Waals surface area contributed by atoms with Gasteiger partial charge in [0.15, 0.2) is 0 Å². The third kappa shape index (κ3) is 4.53. The smallest absolute Gasteiger partial charge is 0.243 e. The first-order valence-electron chi connectivity index (χ1n) is 9.06. The highest BCUT2D eigenvalue weighted by atomic mass is 35.5. The van der Waals surface area contributed by atoms with Crippen LogP contribution < -0.4 is 5.32 Å². The average molecular weight is 429 g/mol. The van der Waals surface area contributed by atoms with Crippen molar-refractivity contribution in [3.63, 3.8) is 0 Å². The molecule has 1 aliphatic rings. The molecule has 0 radical (unpaired) electrons. The van der Waals surface area contributed by atoms with E-state index in [0.29, 0.717) is 36.6 Å². The zero-order valence-corrected chi connectivity index (χ0v) is 17.0. The Kier molecular flexibility index (Phi) is 6.36. The number of aryl methyl sites for hydroxylation is 1. The molecule has 1 N–H and O–H groups in total. The fourth-order valence-electron chi connectivity index (χ4n) is 3.16. The van der Waals surface area contributed by atoms with Crippen molar-refractivity contribution in [2.45, 2.75) is 37.8 Å². The van der Waals surface area contributed by atoms with Crippen LogP contribution in [0.5, 0.6) is 0 Å². The van der Waals surface area contributed by atoms with Crippen LogP contribution in [0.2, 0.25) is 5.02 Å². The lowest BCUT2D eigenvalue weighted by Gasteiger charge is -2.31. The standard InChI is InChI=1S/C18H22ClFN4O3S/c1-2-23-12-16(19)17(22-23)10-21-18(25)13-4-3-9-24(11-13)28(26,27)15-7-5-14(20)6-8-15/h5-8,12-13H,2-4,9-11H2,1H3,(H,21,25)/t13-/m1/s1. The van der Waals surface area contributed by atoms with Crippen LogP contribution in [-0.4, -0.2) is 41.5 Å². The molecule has 0 aliphatic carbocycles. The van der Waals surface area contributed by atoms with Crippen molar-refractivity contribution in [3.05, 3.63) is 47.0 Å². The van der Waals surface area contributed by atoms with Crippen molar-refractivity contribution in [1.82, 2.24) is 19.4 Å². The third-order valence-electron chi connectivity index (χ3n) is 4.75. The van der Waals surface area contributed by atoms with E-state index in [9.17, 15) is 17.6 Å². The normalized spacial score (nSPS) is 18.2. The van der Waals surface area contributed by atoms with Crippen LogP contribution in [0.1, 0.15) is 25.5 Å². The van der Waals surface area contributed by atoms with Crippen LogP contribution in [0.15, 0.2) is 35.4 Å². The predicted molar refractivity (Wildman–Crippen MR) is 103 cm³/mol. The molecule has 1 saturated heterocycles. The monoisotopic (exact) mass is 428 g/mol. The number of amides is 1. The van der Waals surface area contributed by atoms with Crippen molar-refractivity contribution in [2.75, 3.05) is 13.1 Å². The summed E-state index contributed by atoms with van der Waals surface area (Å²) >= 11 is 6.11. The van der Waals surface area contributed by atoms with Gasteiger partial charge in [-0.25, -0.2) is 12.8 Å². The Morgan fingerprint density at radius 1 is 1.36 bits per heavy atom. The highest BCUT2D eigenvalue weighted by Gasteiger charge is 2.33. The molecule has 1 amide bonds. The van der Waals surface area contributed by atoms with E-state index in [2.05, 4.69) is 10.4 Å². The number of sulfonamides is 1. The number of carbonyl (C=O) groups is 1. The maximum atomic E-state index is 13.1. The SMILES string of the molecule is CCn1cc(Cl)c(CNC(=O)[C@@H]2CCCN(S(=O)(=O)c3ccc(F)cc3)C2)n1. The molecule has 3 rings (SSSR count). The molecule has 7 nitrogen and oxygen atoms in total. The van der Waals surface area contributed by atoms with Gasteiger partial charge in [-0.3, -0.25) is 9.48 Å². The van der Waals surface area contributed by atoms with Crippen LogP contribution >= 0.6 is 11.6 Å². The molecule has 0 spiro atoms. The summed E-state index contributed by atoms with van der Waals surface area (Å²) in [5.41, 5.74) is 0.573. The fourth-order valence-corrected chi connectivity index (χ4v) is 4.91. The molecule has 1 aliphatic heterocycles. The minimum Gasteiger partial charge on any atom is -0.350 e. The first-order chi connectivity index (χ1) is 13.3. The number of carbonyl (C=O) groups excluding carboxylic acids is 1. The molecule has 0 bridgehead atoms. The molecule has 10 heteroatoms. The summed E-state index contributed by atoms with van der Waals surface area (Å²) in [7, 11) is -3.77. The van der Waals surface area contributed by atoms with Gasteiger partial charge in [0, 0.05) is 25.8 Å². The largest absolute Gasteiger partial charge is 0.350 e. The number of nitrogens with one attached hydrogen (secondary N) is 1. The van der Waals surface area contributed by atoms with Gasteiger partial charge < -0.3 is 5.32 Å². The molecule has 1 aromatic heterocycles. The topological polar surface area (TPSA) is 84.3 Å². The predicted octanol–water partition coefficient (Wildman–Crippen LogP) is 2.41. The third-order valence-corrected chi connectivity index (χ3v) is 6.94. The molecule has 1 atom stereocenters. The minimum absolute atomic E-state index is 0.0202. The second-order valence-electron chi connectivity index (χ2n) is 6.65. The zero-order valence-electron chi connectivity index (χ0n) is 15.4. The summed E-state index contributed by atoms with van der Waals surface area (Å²) in [6, 6.07) is 4.70. The number of halogens is 2. The van der Waals surface area contributed by atoms with E-state index < -0.39 is 21.8 Å². The number of piperidine rings is 1. The lowest BCUT2D eigenvalue weighted by molar-refractivity contribution is -0.126. The molecule has 1 aromatic carbocycles. The number of aromatic nitrogens is 2. The van der Waals surface area contributed by atoms with Crippen LogP contribution in [0.25, 0.3) is 0 Å². The summed E-state index contributed by atoms with van der Waals surface area (Å²) in [6.07, 6.45) is 2.86. The van der Waals surface area contributed by atoms with E-state index in [-0.39, 0.29) is 23.9 Å². The Bertz CT molecular complexity index is 946. The van der Waals surface area contributed by atoms with Crippen LogP contribution in [0.4, 0.5) is 4.39 Å². The second-order valence-corrected chi connectivity index (χ2v) is 9.00. The van der Waals surface area contributed by atoms with Crippen molar-refractivity contribution in [1.29, 1.82) is 0 Å². The first kappa shape index (κ1) is 20.8. The van der Waals surface area contributed by atoms with Gasteiger partial charge in [0.2, 0.25) is 15.9 Å². The number of hydrogen-bond acceptors (Lipinski definition) is 4. The Hall–Kier alpha value is -1.97. The summed E-state index contributed by atoms with van der Waals surface area (Å²) in [5, 5.41) is 7.55. The van der Waals surface area contributed by atoms with Crippen molar-refractivity contribution in [2.24, 2.45) is 5.92 Å². The van der Waals surface area contributed by atoms with E-state index in [0.717, 1.165) is 12.1 Å². The molecule has 2 aromatic rings. The first-order valence-corrected chi connectivity index (χ1v) is 10.9. The number of benzene rings is 1. The van der Waals surface area contributed by atoms with Gasteiger partial charge in [0.25, 0.3) is 0 Å². The van der Waals surface area contributed by atoms with Crippen LogP contribution in [0.3, 0.4) is 0 Å². The Balaban J connectivity index is 1.64. The highest BCUT2D eigenvalue weighted by molar-refractivity contribution is 7.89. The van der Waals surface area contributed by atoms with E-state index in [1.807, 2.05) is 6.92 Å². The Morgan fingerprint density at radius 3 is 2.71 bits per heavy atom. The van der Waals surface area contributed by atoms with Gasteiger partial charge in [-0.15, -0.1) is 0 Å². The quantitative estimate of drug-likeness (QED) is 0.765. The maximum absolute atomic E-state index is 13.1. The molecule has 0 saturated carbocycles. The summed E-state index contributed by atoms with van der Waals surface area (Å²) < 4.78 is 41.6. The zero-order chi connectivity index (χ0) is 20.3. The minimum atomic E-state index is -3.77. The number of rotatable bonds is 6. The molecule has 152 valence electrons. The number of hydrogen-bond donors (Lipinski definition) is 1. The highest BCUT2D eigenvalue weighted by Crippen LogP contribution is 2.24. The summed E-state index contributed by atoms with van der Waals surface area (Å²) in [4.78, 5) is 12.6. The van der Waals surface area contributed by atoms with Gasteiger partial charge in [-0.1, -0.05) is 11.6 Å². The molecular weight excluding hydrogens is 407 g/mol. The van der Waals surface area contributed by atoms with Gasteiger partial charge in [0.1, 0.15) is 11.5 Å². The lowest BCUT2D eigenvalue weighted by atomic mass is 9.99. The Morgan fingerprint density at radius 2 is 2.07 bits per heavy atom. The maximum Gasteiger partial charge on any atom is 0.243 e. The van der Waals surface area contributed by atoms with Gasteiger partial charge in [-0.2, -0.15) is 9.40 Å². The average Bonchev–Trinajstić information content (AvgIpc) is 3.06. The lowest BCUT2D eigenvalue weighted by Crippen LogP contribution is -2.45. The van der Waals surface area contributed by atoms with Gasteiger partial charge in [-0.05, 0) is 44.0 Å². The molecule has 1 fully saturated rings. The second kappa shape index (κ2) is 8.59. The van der Waals surface area contributed by atoms with Gasteiger partial charge in [0.05, 0.1) is 22.4 Å². The fraction of sp³-hybridized carbons (Fsp3) is 0.444. The Labute approximate surface area is 168 Å². The van der Waals surface area contributed by atoms with E-state index in [1.54, 1.807) is 10.9 Å². The summed E-state index contributed by atoms with van der Waals surface area (Å²) in [5.74, 6) is -1.20. The molecular formula is C18H22ClFN4O3S. The van der Waals surface area contributed by atoms with Crippen molar-refractivity contribution >= 4 is 27.5 Å². The molecule has 28 heavy (non-hydrogen) atoms. The van der Waals surface area contributed by atoms with Gasteiger partial charge >= 0.3 is 0 Å². The molecule has 2 heterocycles. The van der Waals surface area contributed by atoms with E-state index >= 15 is 0 Å². The van der Waals surface area contributed by atoms with E-state index in [1.165, 1.54) is 16.4 Å². The number of nitrogens with zero attached hydrogens (tertiary/aromatic N) is 3. The van der Waals surface area contributed by atoms with Crippen molar-refractivity contribution < 1.29 is 17.6 Å².